The minimum Gasteiger partial charge on any atom is -0.401 e. The topological polar surface area (TPSA) is 107 Å². The molecule has 8 nitrogen and oxygen atoms in total. The van der Waals surface area contributed by atoms with Crippen LogP contribution in [0.4, 0.5) is 4.39 Å². The molecule has 0 saturated carbocycles. The van der Waals surface area contributed by atoms with E-state index in [2.05, 4.69) is 4.57 Å². The van der Waals surface area contributed by atoms with Crippen LogP contribution in [0.15, 0.2) is 48.3 Å². The van der Waals surface area contributed by atoms with Crippen molar-refractivity contribution in [2.45, 2.75) is 51.7 Å². The van der Waals surface area contributed by atoms with Gasteiger partial charge >= 0.3 is 0 Å². The predicted octanol–water partition coefficient (Wildman–Crippen LogP) is 4.75. The number of rotatable bonds is 7. The molecule has 1 aliphatic rings. The molecule has 4 aromatic rings. The summed E-state index contributed by atoms with van der Waals surface area (Å²) in [5.41, 5.74) is 12.0. The second-order valence-electron chi connectivity index (χ2n) is 11.3. The molecule has 0 amide bonds. The third-order valence-electron chi connectivity index (χ3n) is 7.92. The van der Waals surface area contributed by atoms with Gasteiger partial charge in [0.05, 0.1) is 39.6 Å². The number of hydrazine groups is 1. The van der Waals surface area contributed by atoms with Crippen molar-refractivity contribution in [3.8, 4) is 0 Å². The highest BCUT2D eigenvalue weighted by atomic mass is 19.1. The van der Waals surface area contributed by atoms with Gasteiger partial charge in [-0.15, -0.1) is 0 Å². The van der Waals surface area contributed by atoms with Crippen molar-refractivity contribution in [3.05, 3.63) is 70.9 Å². The molecule has 4 heterocycles. The van der Waals surface area contributed by atoms with E-state index in [1.807, 2.05) is 35.9 Å². The molecule has 208 valence electrons. The van der Waals surface area contributed by atoms with Crippen LogP contribution in [0.2, 0.25) is 0 Å². The minimum atomic E-state index is -1.08. The summed E-state index contributed by atoms with van der Waals surface area (Å²) in [5.74, 6) is 6.29. The number of nitrogens with zero attached hydrogens (tertiary/aromatic N) is 4. The molecular formula is C30H39FN6O2. The van der Waals surface area contributed by atoms with Crippen LogP contribution in [0.3, 0.4) is 0 Å². The number of pyridine rings is 1. The molecule has 0 spiro atoms. The quantitative estimate of drug-likeness (QED) is 0.233. The highest BCUT2D eigenvalue weighted by Gasteiger charge is 2.31. The van der Waals surface area contributed by atoms with Crippen molar-refractivity contribution in [1.29, 1.82) is 0 Å². The van der Waals surface area contributed by atoms with Gasteiger partial charge in [0.15, 0.2) is 0 Å². The van der Waals surface area contributed by atoms with E-state index in [0.29, 0.717) is 36.1 Å². The highest BCUT2D eigenvalue weighted by Crippen LogP contribution is 2.41. The van der Waals surface area contributed by atoms with Gasteiger partial charge in [-0.25, -0.2) is 10.2 Å². The van der Waals surface area contributed by atoms with Crippen LogP contribution in [0.25, 0.3) is 27.8 Å². The molecule has 0 aliphatic carbocycles. The van der Waals surface area contributed by atoms with Gasteiger partial charge in [-0.1, -0.05) is 18.2 Å². The van der Waals surface area contributed by atoms with Gasteiger partial charge in [0.1, 0.15) is 11.3 Å². The Morgan fingerprint density at radius 3 is 2.54 bits per heavy atom. The van der Waals surface area contributed by atoms with E-state index in [-0.39, 0.29) is 11.9 Å². The number of ether oxygens (including phenoxy) is 1. The maximum atomic E-state index is 15.5. The molecule has 5 N–H and O–H groups in total. The summed E-state index contributed by atoms with van der Waals surface area (Å²) in [6, 6.07) is 10.8. The molecule has 1 aliphatic heterocycles. The number of aromatic nitrogens is 3. The van der Waals surface area contributed by atoms with Gasteiger partial charge in [0.2, 0.25) is 0 Å². The number of aryl methyl sites for hydroxylation is 1. The molecule has 39 heavy (non-hydrogen) atoms. The second kappa shape index (κ2) is 10.3. The normalized spacial score (nSPS) is 16.6. The highest BCUT2D eigenvalue weighted by molar-refractivity contribution is 6.05. The second-order valence-corrected chi connectivity index (χ2v) is 11.3. The van der Waals surface area contributed by atoms with Crippen LogP contribution < -0.4 is 11.6 Å². The van der Waals surface area contributed by atoms with Crippen LogP contribution in [0, 0.1) is 11.7 Å². The lowest BCUT2D eigenvalue weighted by Crippen LogP contribution is -2.26. The molecule has 1 fully saturated rings. The standard InChI is InChI=1S/C30H39FN6O2/c1-18(32)28(36(5)33)20-15-24-27(34-17-20)29-25(16-26(35(29)4)30(2,3)38)37(24)23(14-19-10-12-39-13-11-19)21-8-6-7-9-22(21)31/h6-9,15-17,19,23,38H,10-14,32-33H2,1-5H3/b28-18-. The molecule has 3 aromatic heterocycles. The monoisotopic (exact) mass is 534 g/mol. The zero-order chi connectivity index (χ0) is 28.1. The first-order valence-electron chi connectivity index (χ1n) is 13.5. The number of allylic oxidation sites excluding steroid dienone is 1. The van der Waals surface area contributed by atoms with Gasteiger partial charge < -0.3 is 29.7 Å². The third kappa shape index (κ3) is 4.90. The van der Waals surface area contributed by atoms with Gasteiger partial charge in [-0.05, 0) is 64.2 Å². The number of benzene rings is 1. The average Bonchev–Trinajstić information content (AvgIpc) is 3.37. The Morgan fingerprint density at radius 2 is 1.92 bits per heavy atom. The van der Waals surface area contributed by atoms with Crippen LogP contribution in [-0.4, -0.2) is 44.5 Å². The Kier molecular flexibility index (Phi) is 7.17. The van der Waals surface area contributed by atoms with E-state index in [1.165, 1.54) is 11.1 Å². The van der Waals surface area contributed by atoms with Gasteiger partial charge in [-0.2, -0.15) is 0 Å². The SMILES string of the molecule is C/C(N)=C(\c1cnc2c3c(cc(C(C)(C)O)n3C)n(C(CC3CCOCC3)c3ccccc3F)c2c1)N(C)N. The lowest BCUT2D eigenvalue weighted by Gasteiger charge is -2.29. The Bertz CT molecular complexity index is 1530. The number of nitrogens with two attached hydrogens (primary N) is 2. The van der Waals surface area contributed by atoms with Crippen molar-refractivity contribution in [2.24, 2.45) is 24.5 Å². The predicted molar refractivity (Wildman–Crippen MR) is 153 cm³/mol. The van der Waals surface area contributed by atoms with Crippen molar-refractivity contribution < 1.29 is 14.2 Å². The van der Waals surface area contributed by atoms with Gasteiger partial charge in [0.25, 0.3) is 0 Å². The Hall–Kier alpha value is -3.40. The summed E-state index contributed by atoms with van der Waals surface area (Å²) >= 11 is 0. The third-order valence-corrected chi connectivity index (χ3v) is 7.92. The number of hydrogen-bond donors (Lipinski definition) is 3. The molecule has 0 radical (unpaired) electrons. The van der Waals surface area contributed by atoms with E-state index in [9.17, 15) is 5.11 Å². The lowest BCUT2D eigenvalue weighted by molar-refractivity contribution is 0.0608. The van der Waals surface area contributed by atoms with E-state index >= 15 is 4.39 Å². The molecule has 1 saturated heterocycles. The minimum absolute atomic E-state index is 0.243. The summed E-state index contributed by atoms with van der Waals surface area (Å²) in [4.78, 5) is 4.91. The fraction of sp³-hybridized carbons (Fsp3) is 0.433. The summed E-state index contributed by atoms with van der Waals surface area (Å²) < 4.78 is 25.4. The van der Waals surface area contributed by atoms with Crippen molar-refractivity contribution in [1.82, 2.24) is 19.1 Å². The number of fused-ring (bicyclic) bond motifs is 3. The largest absolute Gasteiger partial charge is 0.401 e. The molecule has 1 unspecified atom stereocenters. The summed E-state index contributed by atoms with van der Waals surface area (Å²) in [5, 5.41) is 12.5. The first kappa shape index (κ1) is 27.2. The summed E-state index contributed by atoms with van der Waals surface area (Å²) in [6.07, 6.45) is 4.37. The first-order valence-corrected chi connectivity index (χ1v) is 13.5. The van der Waals surface area contributed by atoms with Gasteiger partial charge in [-0.3, -0.25) is 4.98 Å². The zero-order valence-electron chi connectivity index (χ0n) is 23.4. The van der Waals surface area contributed by atoms with Crippen molar-refractivity contribution >= 4 is 27.8 Å². The van der Waals surface area contributed by atoms with Crippen LogP contribution >= 0.6 is 0 Å². The van der Waals surface area contributed by atoms with E-state index in [1.54, 1.807) is 40.1 Å². The Morgan fingerprint density at radius 1 is 1.23 bits per heavy atom. The zero-order valence-corrected chi connectivity index (χ0v) is 23.4. The van der Waals surface area contributed by atoms with Crippen LogP contribution in [0.1, 0.15) is 62.9 Å². The van der Waals surface area contributed by atoms with E-state index in [4.69, 9.17) is 21.3 Å². The molecule has 1 aromatic carbocycles. The molecule has 5 rings (SSSR count). The molecule has 0 bridgehead atoms. The maximum absolute atomic E-state index is 15.5. The van der Waals surface area contributed by atoms with Crippen molar-refractivity contribution in [3.63, 3.8) is 0 Å². The van der Waals surface area contributed by atoms with E-state index < -0.39 is 5.60 Å². The van der Waals surface area contributed by atoms with Crippen LogP contribution in [-0.2, 0) is 17.4 Å². The molecule has 9 heteroatoms. The number of hydrogen-bond acceptors (Lipinski definition) is 6. The fourth-order valence-corrected chi connectivity index (χ4v) is 6.18. The van der Waals surface area contributed by atoms with Gasteiger partial charge in [0, 0.05) is 50.3 Å². The Balaban J connectivity index is 1.85. The van der Waals surface area contributed by atoms with Crippen molar-refractivity contribution in [2.75, 3.05) is 20.3 Å². The first-order chi connectivity index (χ1) is 18.5. The number of halogens is 1. The summed E-state index contributed by atoms with van der Waals surface area (Å²) in [6.45, 7) is 6.77. The lowest BCUT2D eigenvalue weighted by atomic mass is 9.89. The molecule has 1 atom stereocenters. The molecular weight excluding hydrogens is 495 g/mol. The summed E-state index contributed by atoms with van der Waals surface area (Å²) in [7, 11) is 3.68. The fourth-order valence-electron chi connectivity index (χ4n) is 6.18. The average molecular weight is 535 g/mol. The maximum Gasteiger partial charge on any atom is 0.128 e. The number of aliphatic hydroxyl groups is 1. The van der Waals surface area contributed by atoms with E-state index in [0.717, 1.165) is 52.6 Å². The Labute approximate surface area is 228 Å². The smallest absolute Gasteiger partial charge is 0.128 e. The van der Waals surface area contributed by atoms with Crippen LogP contribution in [0.5, 0.6) is 0 Å².